The zero-order valence-electron chi connectivity index (χ0n) is 18.4. The van der Waals surface area contributed by atoms with Gasteiger partial charge in [0.25, 0.3) is 5.91 Å². The number of amides is 1. The van der Waals surface area contributed by atoms with Gasteiger partial charge in [0.2, 0.25) is 0 Å². The topological polar surface area (TPSA) is 69.7 Å². The summed E-state index contributed by atoms with van der Waals surface area (Å²) in [5, 5.41) is 3.56. The molecule has 2 aromatic rings. The first kappa shape index (κ1) is 21.5. The minimum Gasteiger partial charge on any atom is -0.371 e. The van der Waals surface area contributed by atoms with Crippen LogP contribution in [0.4, 0.5) is 5.69 Å². The summed E-state index contributed by atoms with van der Waals surface area (Å²) in [6, 6.07) is 16.9. The number of nitrogens with zero attached hydrogens (tertiary/aromatic N) is 2. The Morgan fingerprint density at radius 3 is 2.28 bits per heavy atom. The zero-order chi connectivity index (χ0) is 22.1. The zero-order valence-corrected chi connectivity index (χ0v) is 19.2. The number of benzene rings is 2. The van der Waals surface area contributed by atoms with Gasteiger partial charge in [0.05, 0.1) is 11.5 Å². The fourth-order valence-electron chi connectivity index (χ4n) is 5.23. The Hall–Kier alpha value is -2.38. The van der Waals surface area contributed by atoms with Crippen LogP contribution in [0.25, 0.3) is 0 Å². The van der Waals surface area contributed by atoms with E-state index in [0.717, 1.165) is 56.6 Å². The van der Waals surface area contributed by atoms with Crippen molar-refractivity contribution in [2.45, 2.75) is 44.3 Å². The number of carbonyl (C=O) groups excluding carboxylic acids is 1. The third kappa shape index (κ3) is 4.69. The molecule has 0 saturated carbocycles. The number of carbonyl (C=O) groups is 1. The second kappa shape index (κ2) is 8.87. The highest BCUT2D eigenvalue weighted by molar-refractivity contribution is 7.91. The fourth-order valence-corrected chi connectivity index (χ4v) is 6.92. The van der Waals surface area contributed by atoms with Crippen LogP contribution in [0, 0.1) is 0 Å². The number of anilines is 1. The van der Waals surface area contributed by atoms with Gasteiger partial charge in [0.1, 0.15) is 0 Å². The molecule has 1 atom stereocenters. The van der Waals surface area contributed by atoms with Gasteiger partial charge in [-0.15, -0.1) is 0 Å². The van der Waals surface area contributed by atoms with Crippen LogP contribution in [-0.2, 0) is 22.8 Å². The Morgan fingerprint density at radius 2 is 1.59 bits per heavy atom. The van der Waals surface area contributed by atoms with Crippen molar-refractivity contribution in [1.29, 1.82) is 0 Å². The van der Waals surface area contributed by atoms with Crippen LogP contribution in [-0.4, -0.2) is 62.4 Å². The van der Waals surface area contributed by atoms with Crippen LogP contribution in [0.1, 0.15) is 40.7 Å². The van der Waals surface area contributed by atoms with E-state index in [1.165, 1.54) is 11.1 Å². The number of rotatable bonds is 4. The number of sulfone groups is 1. The molecule has 32 heavy (non-hydrogen) atoms. The molecule has 0 aliphatic carbocycles. The van der Waals surface area contributed by atoms with E-state index in [2.05, 4.69) is 40.5 Å². The first-order valence-corrected chi connectivity index (χ1v) is 13.5. The molecular weight excluding hydrogens is 422 g/mol. The molecule has 1 amide bonds. The minimum atomic E-state index is -2.84. The quantitative estimate of drug-likeness (QED) is 0.771. The van der Waals surface area contributed by atoms with Crippen molar-refractivity contribution in [1.82, 2.24) is 10.2 Å². The molecule has 3 aliphatic heterocycles. The van der Waals surface area contributed by atoms with Gasteiger partial charge in [0, 0.05) is 49.5 Å². The summed E-state index contributed by atoms with van der Waals surface area (Å²) in [5.74, 6) is 0.699. The smallest absolute Gasteiger partial charge is 0.254 e. The second-order valence-electron chi connectivity index (χ2n) is 9.32. The van der Waals surface area contributed by atoms with Gasteiger partial charge in [0.15, 0.2) is 9.84 Å². The fraction of sp³-hybridized carbons (Fsp3) is 0.480. The Labute approximate surface area is 190 Å². The summed E-state index contributed by atoms with van der Waals surface area (Å²) >= 11 is 0. The monoisotopic (exact) mass is 453 g/mol. The normalized spacial score (nSPS) is 23.2. The standard InChI is InChI=1S/C25H31N3O3S/c29-25(28-13-9-19-3-1-2-4-21(19)17-28)20-5-7-24(8-6-20)27-14-10-22(11-15-27)26-23-12-16-32(30,31)18-23/h1-8,22-23,26H,9-18H2. The van der Waals surface area contributed by atoms with Crippen molar-refractivity contribution in [3.8, 4) is 0 Å². The van der Waals surface area contributed by atoms with Gasteiger partial charge in [-0.1, -0.05) is 24.3 Å². The molecule has 3 heterocycles. The molecule has 170 valence electrons. The first-order chi connectivity index (χ1) is 15.5. The van der Waals surface area contributed by atoms with E-state index < -0.39 is 9.84 Å². The molecule has 0 radical (unpaired) electrons. The Balaban J connectivity index is 1.15. The summed E-state index contributed by atoms with van der Waals surface area (Å²) in [4.78, 5) is 17.3. The minimum absolute atomic E-state index is 0.0977. The number of piperidine rings is 1. The van der Waals surface area contributed by atoms with Crippen molar-refractivity contribution in [2.75, 3.05) is 36.0 Å². The Morgan fingerprint density at radius 1 is 0.875 bits per heavy atom. The summed E-state index contributed by atoms with van der Waals surface area (Å²) in [5.41, 5.74) is 4.48. The summed E-state index contributed by atoms with van der Waals surface area (Å²) in [7, 11) is -2.84. The molecule has 7 heteroatoms. The lowest BCUT2D eigenvalue weighted by Crippen LogP contribution is -2.46. The van der Waals surface area contributed by atoms with Crippen molar-refractivity contribution >= 4 is 21.4 Å². The molecule has 2 aromatic carbocycles. The van der Waals surface area contributed by atoms with Gasteiger partial charge >= 0.3 is 0 Å². The third-order valence-corrected chi connectivity index (χ3v) is 8.86. The predicted molar refractivity (Wildman–Crippen MR) is 127 cm³/mol. The van der Waals surface area contributed by atoms with Crippen molar-refractivity contribution in [3.63, 3.8) is 0 Å². The average Bonchev–Trinajstić information content (AvgIpc) is 3.17. The van der Waals surface area contributed by atoms with E-state index in [0.29, 0.717) is 18.3 Å². The Kier molecular flexibility index (Phi) is 5.95. The highest BCUT2D eigenvalue weighted by atomic mass is 32.2. The van der Waals surface area contributed by atoms with Crippen LogP contribution in [0.2, 0.25) is 0 Å². The second-order valence-corrected chi connectivity index (χ2v) is 11.5. The van der Waals surface area contributed by atoms with Crippen LogP contribution < -0.4 is 10.2 Å². The van der Waals surface area contributed by atoms with Gasteiger partial charge in [-0.2, -0.15) is 0 Å². The maximum atomic E-state index is 13.0. The van der Waals surface area contributed by atoms with E-state index in [1.54, 1.807) is 0 Å². The van der Waals surface area contributed by atoms with E-state index >= 15 is 0 Å². The van der Waals surface area contributed by atoms with E-state index in [4.69, 9.17) is 0 Å². The molecule has 5 rings (SSSR count). The highest BCUT2D eigenvalue weighted by Crippen LogP contribution is 2.24. The molecule has 1 N–H and O–H groups in total. The number of hydrogen-bond acceptors (Lipinski definition) is 5. The summed E-state index contributed by atoms with van der Waals surface area (Å²) < 4.78 is 23.4. The maximum Gasteiger partial charge on any atom is 0.254 e. The van der Waals surface area contributed by atoms with Crippen LogP contribution >= 0.6 is 0 Å². The maximum absolute atomic E-state index is 13.0. The molecule has 2 saturated heterocycles. The van der Waals surface area contributed by atoms with Crippen molar-refractivity contribution in [2.24, 2.45) is 0 Å². The van der Waals surface area contributed by atoms with Gasteiger partial charge in [-0.05, 0) is 61.1 Å². The van der Waals surface area contributed by atoms with Gasteiger partial charge in [-0.3, -0.25) is 4.79 Å². The Bertz CT molecular complexity index is 1080. The van der Waals surface area contributed by atoms with E-state index in [9.17, 15) is 13.2 Å². The van der Waals surface area contributed by atoms with Crippen LogP contribution in [0.3, 0.4) is 0 Å². The number of hydrogen-bond donors (Lipinski definition) is 1. The molecule has 0 bridgehead atoms. The highest BCUT2D eigenvalue weighted by Gasteiger charge is 2.30. The third-order valence-electron chi connectivity index (χ3n) is 7.10. The van der Waals surface area contributed by atoms with Crippen LogP contribution in [0.5, 0.6) is 0 Å². The SMILES string of the molecule is O=C(c1ccc(N2CCC(NC3CCS(=O)(=O)C3)CC2)cc1)N1CCc2ccccc2C1. The lowest BCUT2D eigenvalue weighted by atomic mass is 9.99. The van der Waals surface area contributed by atoms with Crippen molar-refractivity contribution in [3.05, 3.63) is 65.2 Å². The molecule has 1 unspecified atom stereocenters. The van der Waals surface area contributed by atoms with Crippen LogP contribution in [0.15, 0.2) is 48.5 Å². The van der Waals surface area contributed by atoms with E-state index in [1.807, 2.05) is 23.1 Å². The largest absolute Gasteiger partial charge is 0.371 e. The lowest BCUT2D eigenvalue weighted by Gasteiger charge is -2.35. The van der Waals surface area contributed by atoms with Gasteiger partial charge < -0.3 is 15.1 Å². The van der Waals surface area contributed by atoms with Crippen molar-refractivity contribution < 1.29 is 13.2 Å². The average molecular weight is 454 g/mol. The van der Waals surface area contributed by atoms with Gasteiger partial charge in [-0.25, -0.2) is 8.42 Å². The number of fused-ring (bicyclic) bond motifs is 1. The lowest BCUT2D eigenvalue weighted by molar-refractivity contribution is 0.0734. The molecule has 2 fully saturated rings. The molecule has 6 nitrogen and oxygen atoms in total. The molecular formula is C25H31N3O3S. The number of nitrogens with one attached hydrogen (secondary N) is 1. The first-order valence-electron chi connectivity index (χ1n) is 11.6. The van der Waals surface area contributed by atoms with E-state index in [-0.39, 0.29) is 17.7 Å². The molecule has 0 spiro atoms. The predicted octanol–water partition coefficient (Wildman–Crippen LogP) is 2.63. The molecule has 3 aliphatic rings. The summed E-state index contributed by atoms with van der Waals surface area (Å²) in [6.07, 6.45) is 3.66. The summed E-state index contributed by atoms with van der Waals surface area (Å²) in [6.45, 7) is 3.32. The molecule has 0 aromatic heterocycles.